The Morgan fingerprint density at radius 2 is 1.78 bits per heavy atom. The molecule has 0 saturated carbocycles. The van der Waals surface area contributed by atoms with Crippen molar-refractivity contribution in [3.05, 3.63) is 48.7 Å². The fourth-order valence-electron chi connectivity index (χ4n) is 2.33. The van der Waals surface area contributed by atoms with Crippen LogP contribution < -0.4 is 20.5 Å². The van der Waals surface area contributed by atoms with Crippen molar-refractivity contribution in [1.29, 1.82) is 0 Å². The summed E-state index contributed by atoms with van der Waals surface area (Å²) in [7, 11) is 0. The van der Waals surface area contributed by atoms with E-state index in [0.29, 0.717) is 29.8 Å². The van der Waals surface area contributed by atoms with Gasteiger partial charge in [-0.3, -0.25) is 4.79 Å². The van der Waals surface area contributed by atoms with Gasteiger partial charge in [-0.2, -0.15) is 0 Å². The highest BCUT2D eigenvalue weighted by molar-refractivity contribution is 5.85. The van der Waals surface area contributed by atoms with Crippen molar-refractivity contribution in [3.63, 3.8) is 0 Å². The number of carbonyl (C=O) groups excluding carboxylic acids is 1. The third-order valence-electron chi connectivity index (χ3n) is 3.46. The second-order valence-electron chi connectivity index (χ2n) is 6.16. The Bertz CT molecular complexity index is 655. The second-order valence-corrected chi connectivity index (χ2v) is 6.16. The first kappa shape index (κ1) is 25.0. The highest BCUT2D eigenvalue weighted by atomic mass is 35.5. The van der Waals surface area contributed by atoms with Gasteiger partial charge in [0.2, 0.25) is 5.88 Å². The van der Waals surface area contributed by atoms with E-state index in [1.54, 1.807) is 36.5 Å². The van der Waals surface area contributed by atoms with Gasteiger partial charge in [-0.15, -0.1) is 24.8 Å². The van der Waals surface area contributed by atoms with Crippen LogP contribution in [0.1, 0.15) is 20.3 Å². The molecule has 1 amide bonds. The van der Waals surface area contributed by atoms with Gasteiger partial charge in [-0.1, -0.05) is 19.9 Å². The predicted octanol–water partition coefficient (Wildman–Crippen LogP) is 3.59. The van der Waals surface area contributed by atoms with E-state index >= 15 is 0 Å². The number of hydrogen-bond donors (Lipinski definition) is 2. The Morgan fingerprint density at radius 1 is 1.11 bits per heavy atom. The van der Waals surface area contributed by atoms with Crippen LogP contribution >= 0.6 is 24.8 Å². The number of nitrogens with zero attached hydrogens (tertiary/aromatic N) is 1. The lowest BCUT2D eigenvalue weighted by Gasteiger charge is -2.18. The first-order valence-corrected chi connectivity index (χ1v) is 8.38. The maximum atomic E-state index is 12.0. The van der Waals surface area contributed by atoms with Crippen molar-refractivity contribution < 1.29 is 14.3 Å². The van der Waals surface area contributed by atoms with Gasteiger partial charge >= 0.3 is 0 Å². The quantitative estimate of drug-likeness (QED) is 0.653. The average molecular weight is 416 g/mol. The first-order chi connectivity index (χ1) is 12.1. The normalized spacial score (nSPS) is 11.0. The van der Waals surface area contributed by atoms with E-state index < -0.39 is 0 Å². The minimum atomic E-state index is -0.176. The number of nitrogens with two attached hydrogens (primary N) is 1. The van der Waals surface area contributed by atoms with Gasteiger partial charge in [0, 0.05) is 24.8 Å². The van der Waals surface area contributed by atoms with Gasteiger partial charge in [-0.25, -0.2) is 4.98 Å². The van der Waals surface area contributed by atoms with E-state index in [0.717, 1.165) is 6.42 Å². The van der Waals surface area contributed by atoms with Gasteiger partial charge in [0.25, 0.3) is 5.91 Å². The van der Waals surface area contributed by atoms with Crippen LogP contribution in [0.2, 0.25) is 0 Å². The Morgan fingerprint density at radius 3 is 2.33 bits per heavy atom. The molecule has 3 N–H and O–H groups in total. The van der Waals surface area contributed by atoms with Crippen molar-refractivity contribution in [3.8, 4) is 17.4 Å². The summed E-state index contributed by atoms with van der Waals surface area (Å²) in [5.41, 5.74) is 5.68. The summed E-state index contributed by atoms with van der Waals surface area (Å²) in [6.07, 6.45) is 2.51. The molecule has 1 aromatic carbocycles. The van der Waals surface area contributed by atoms with E-state index in [1.165, 1.54) is 0 Å². The molecule has 0 fully saturated rings. The van der Waals surface area contributed by atoms with Gasteiger partial charge in [-0.05, 0) is 42.7 Å². The highest BCUT2D eigenvalue weighted by Crippen LogP contribution is 2.22. The van der Waals surface area contributed by atoms with Crippen molar-refractivity contribution in [2.75, 3.05) is 13.2 Å². The summed E-state index contributed by atoms with van der Waals surface area (Å²) >= 11 is 0. The molecule has 1 aromatic heterocycles. The Balaban J connectivity index is 0.00000338. The molecule has 1 unspecified atom stereocenters. The van der Waals surface area contributed by atoms with Gasteiger partial charge in [0.1, 0.15) is 11.5 Å². The maximum Gasteiger partial charge on any atom is 0.258 e. The number of ether oxygens (including phenoxy) is 2. The van der Waals surface area contributed by atoms with Crippen LogP contribution in [-0.4, -0.2) is 30.1 Å². The zero-order valence-electron chi connectivity index (χ0n) is 15.5. The minimum Gasteiger partial charge on any atom is -0.484 e. The molecule has 1 heterocycles. The number of benzene rings is 1. The molecule has 27 heavy (non-hydrogen) atoms. The van der Waals surface area contributed by atoms with Crippen molar-refractivity contribution in [1.82, 2.24) is 10.3 Å². The summed E-state index contributed by atoms with van der Waals surface area (Å²) in [6.45, 7) is 4.57. The molecule has 0 spiro atoms. The zero-order valence-corrected chi connectivity index (χ0v) is 17.1. The molecule has 0 aliphatic heterocycles. The molecule has 0 saturated heterocycles. The summed E-state index contributed by atoms with van der Waals surface area (Å²) in [6, 6.07) is 12.5. The van der Waals surface area contributed by atoms with Crippen LogP contribution in [0.3, 0.4) is 0 Å². The number of hydrogen-bond acceptors (Lipinski definition) is 5. The van der Waals surface area contributed by atoms with Crippen LogP contribution in [0, 0.1) is 5.92 Å². The molecule has 0 aliphatic carbocycles. The smallest absolute Gasteiger partial charge is 0.258 e. The second kappa shape index (κ2) is 13.2. The Labute approximate surface area is 172 Å². The number of pyridine rings is 1. The zero-order chi connectivity index (χ0) is 18.1. The number of nitrogens with one attached hydrogen (secondary N) is 1. The van der Waals surface area contributed by atoms with Crippen LogP contribution in [0.4, 0.5) is 0 Å². The van der Waals surface area contributed by atoms with Crippen molar-refractivity contribution >= 4 is 30.7 Å². The van der Waals surface area contributed by atoms with Gasteiger partial charge in [0.05, 0.1) is 0 Å². The summed E-state index contributed by atoms with van der Waals surface area (Å²) < 4.78 is 11.1. The maximum absolute atomic E-state index is 12.0. The largest absolute Gasteiger partial charge is 0.484 e. The predicted molar refractivity (Wildman–Crippen MR) is 111 cm³/mol. The van der Waals surface area contributed by atoms with Crippen LogP contribution in [0.15, 0.2) is 48.7 Å². The molecular weight excluding hydrogens is 389 g/mol. The van der Waals surface area contributed by atoms with E-state index in [1.807, 2.05) is 12.1 Å². The first-order valence-electron chi connectivity index (χ1n) is 8.38. The molecule has 1 atom stereocenters. The van der Waals surface area contributed by atoms with E-state index in [4.69, 9.17) is 15.2 Å². The third kappa shape index (κ3) is 9.47. The van der Waals surface area contributed by atoms with Crippen LogP contribution in [0.25, 0.3) is 0 Å². The molecule has 0 radical (unpaired) electrons. The van der Waals surface area contributed by atoms with Crippen LogP contribution in [-0.2, 0) is 4.79 Å². The lowest BCUT2D eigenvalue weighted by Crippen LogP contribution is -2.43. The summed E-state index contributed by atoms with van der Waals surface area (Å²) in [5, 5.41) is 2.89. The lowest BCUT2D eigenvalue weighted by atomic mass is 10.0. The fourth-order valence-corrected chi connectivity index (χ4v) is 2.33. The monoisotopic (exact) mass is 415 g/mol. The molecule has 6 nitrogen and oxygen atoms in total. The molecule has 2 rings (SSSR count). The molecule has 0 bridgehead atoms. The Kier molecular flexibility index (Phi) is 12.2. The van der Waals surface area contributed by atoms with Crippen molar-refractivity contribution in [2.45, 2.75) is 26.3 Å². The molecule has 2 aromatic rings. The minimum absolute atomic E-state index is 0. The SMILES string of the molecule is CC(C)CC(CN)NC(=O)COc1ccc(Oc2ccccn2)cc1.Cl.Cl. The van der Waals surface area contributed by atoms with Gasteiger partial charge < -0.3 is 20.5 Å². The van der Waals surface area contributed by atoms with Crippen molar-refractivity contribution in [2.24, 2.45) is 11.7 Å². The number of aromatic nitrogens is 1. The molecule has 8 heteroatoms. The third-order valence-corrected chi connectivity index (χ3v) is 3.46. The van der Waals surface area contributed by atoms with E-state index in [-0.39, 0.29) is 43.4 Å². The Hall–Kier alpha value is -2.02. The topological polar surface area (TPSA) is 86.5 Å². The summed E-state index contributed by atoms with van der Waals surface area (Å²) in [5.74, 6) is 2.06. The number of carbonyl (C=O) groups is 1. The lowest BCUT2D eigenvalue weighted by molar-refractivity contribution is -0.123. The van der Waals surface area contributed by atoms with E-state index in [9.17, 15) is 4.79 Å². The molecule has 150 valence electrons. The van der Waals surface area contributed by atoms with Gasteiger partial charge in [0.15, 0.2) is 6.61 Å². The number of amides is 1. The number of rotatable bonds is 9. The van der Waals surface area contributed by atoms with Crippen LogP contribution in [0.5, 0.6) is 17.4 Å². The fraction of sp³-hybridized carbons (Fsp3) is 0.368. The number of halogens is 2. The summed E-state index contributed by atoms with van der Waals surface area (Å²) in [4.78, 5) is 16.0. The average Bonchev–Trinajstić information content (AvgIpc) is 2.61. The highest BCUT2D eigenvalue weighted by Gasteiger charge is 2.12. The van der Waals surface area contributed by atoms with E-state index in [2.05, 4.69) is 24.1 Å². The molecule has 0 aliphatic rings. The molecular formula is C19H27Cl2N3O3. The standard InChI is InChI=1S/C19H25N3O3.2ClH/c1-14(2)11-15(12-20)22-18(23)13-24-16-6-8-17(9-7-16)25-19-5-3-4-10-21-19;;/h3-10,14-15H,11-13,20H2,1-2H3,(H,22,23);2*1H.